The van der Waals surface area contributed by atoms with E-state index in [0.717, 1.165) is 6.07 Å². The van der Waals surface area contributed by atoms with Gasteiger partial charge in [0.15, 0.2) is 5.78 Å². The zero-order valence-corrected chi connectivity index (χ0v) is 10.4. The van der Waals surface area contributed by atoms with Crippen molar-refractivity contribution in [2.75, 3.05) is 0 Å². The maximum atomic E-state index is 11.5. The molecule has 0 saturated heterocycles. The lowest BCUT2D eigenvalue weighted by atomic mass is 10.0. The number of hydrogen-bond donors (Lipinski definition) is 2. The average molecular weight is 265 g/mol. The molecule has 0 heterocycles. The van der Waals surface area contributed by atoms with Crippen molar-refractivity contribution in [1.82, 2.24) is 0 Å². The first-order chi connectivity index (χ1) is 8.32. The summed E-state index contributed by atoms with van der Waals surface area (Å²) in [5.74, 6) is -0.659. The van der Waals surface area contributed by atoms with Gasteiger partial charge < -0.3 is 5.11 Å². The van der Waals surface area contributed by atoms with Gasteiger partial charge in [-0.1, -0.05) is 24.3 Å². The first-order valence-corrected chi connectivity index (χ1v) is 6.65. The Bertz CT molecular complexity index is 750. The van der Waals surface area contributed by atoms with Crippen LogP contribution >= 0.6 is 0 Å². The standard InChI is InChI=1S/C12H11NO4S/c1-7(14)10-6-11(18(13,16)17)8-4-2-3-5-9(8)12(10)15/h2-6,15H,1H3,(H2,13,16,17). The highest BCUT2D eigenvalue weighted by Gasteiger charge is 2.19. The molecule has 0 spiro atoms. The molecule has 5 nitrogen and oxygen atoms in total. The third-order valence-corrected chi connectivity index (χ3v) is 3.61. The van der Waals surface area contributed by atoms with Crippen LogP contribution in [-0.2, 0) is 10.0 Å². The quantitative estimate of drug-likeness (QED) is 0.802. The van der Waals surface area contributed by atoms with Gasteiger partial charge in [0, 0.05) is 10.8 Å². The maximum Gasteiger partial charge on any atom is 0.238 e. The molecule has 0 aliphatic heterocycles. The molecule has 0 bridgehead atoms. The van der Waals surface area contributed by atoms with Crippen molar-refractivity contribution >= 4 is 26.6 Å². The number of primary sulfonamides is 1. The van der Waals surface area contributed by atoms with Gasteiger partial charge in [-0.15, -0.1) is 0 Å². The number of nitrogens with two attached hydrogens (primary N) is 1. The van der Waals surface area contributed by atoms with Crippen LogP contribution in [0.25, 0.3) is 10.8 Å². The van der Waals surface area contributed by atoms with Crippen LogP contribution in [0.5, 0.6) is 5.75 Å². The molecule has 0 aromatic heterocycles. The van der Waals surface area contributed by atoms with Crippen LogP contribution in [0.4, 0.5) is 0 Å². The Morgan fingerprint density at radius 1 is 1.22 bits per heavy atom. The Morgan fingerprint density at radius 3 is 2.28 bits per heavy atom. The van der Waals surface area contributed by atoms with E-state index >= 15 is 0 Å². The molecule has 3 N–H and O–H groups in total. The Morgan fingerprint density at radius 2 is 1.78 bits per heavy atom. The molecule has 2 aromatic rings. The van der Waals surface area contributed by atoms with Gasteiger partial charge >= 0.3 is 0 Å². The van der Waals surface area contributed by atoms with Crippen LogP contribution in [0.1, 0.15) is 17.3 Å². The minimum atomic E-state index is -3.97. The molecule has 94 valence electrons. The van der Waals surface area contributed by atoms with Gasteiger partial charge in [0.05, 0.1) is 10.5 Å². The summed E-state index contributed by atoms with van der Waals surface area (Å²) in [6, 6.07) is 7.43. The van der Waals surface area contributed by atoms with E-state index in [1.165, 1.54) is 19.1 Å². The van der Waals surface area contributed by atoms with E-state index in [1.807, 2.05) is 0 Å². The SMILES string of the molecule is CC(=O)c1cc(S(N)(=O)=O)c2ccccc2c1O. The smallest absolute Gasteiger partial charge is 0.238 e. The summed E-state index contributed by atoms with van der Waals surface area (Å²) in [6.07, 6.45) is 0. The normalized spacial score (nSPS) is 11.7. The van der Waals surface area contributed by atoms with Crippen LogP contribution < -0.4 is 5.14 Å². The molecule has 18 heavy (non-hydrogen) atoms. The number of rotatable bonds is 2. The van der Waals surface area contributed by atoms with Gasteiger partial charge in [-0.25, -0.2) is 13.6 Å². The molecule has 0 aliphatic rings. The summed E-state index contributed by atoms with van der Waals surface area (Å²) in [5, 5.41) is 15.7. The lowest BCUT2D eigenvalue weighted by molar-refractivity contribution is 0.101. The minimum absolute atomic E-state index is 0.0577. The van der Waals surface area contributed by atoms with Crippen molar-refractivity contribution < 1.29 is 18.3 Å². The molecule has 0 unspecified atom stereocenters. The second-order valence-electron chi connectivity index (χ2n) is 3.92. The van der Waals surface area contributed by atoms with Crippen LogP contribution in [0.15, 0.2) is 35.2 Å². The fourth-order valence-corrected chi connectivity index (χ4v) is 2.60. The third-order valence-electron chi connectivity index (χ3n) is 2.66. The highest BCUT2D eigenvalue weighted by atomic mass is 32.2. The molecule has 0 saturated carbocycles. The van der Waals surface area contributed by atoms with E-state index in [0.29, 0.717) is 5.39 Å². The predicted molar refractivity (Wildman–Crippen MR) is 67.0 cm³/mol. The fourth-order valence-electron chi connectivity index (χ4n) is 1.83. The Kier molecular flexibility index (Phi) is 2.84. The number of fused-ring (bicyclic) bond motifs is 1. The molecule has 2 rings (SSSR count). The summed E-state index contributed by atoms with van der Waals surface area (Å²) in [4.78, 5) is 11.2. The molecule has 0 aliphatic carbocycles. The number of aromatic hydroxyl groups is 1. The first-order valence-electron chi connectivity index (χ1n) is 5.11. The van der Waals surface area contributed by atoms with E-state index in [1.54, 1.807) is 12.1 Å². The molecule has 6 heteroatoms. The number of carbonyl (C=O) groups is 1. The molecule has 0 amide bonds. The summed E-state index contributed by atoms with van der Waals surface area (Å²) in [5.41, 5.74) is -0.0577. The summed E-state index contributed by atoms with van der Waals surface area (Å²) >= 11 is 0. The Labute approximate surface area is 104 Å². The Hall–Kier alpha value is -1.92. The second-order valence-corrected chi connectivity index (χ2v) is 5.45. The van der Waals surface area contributed by atoms with Crippen molar-refractivity contribution in [2.24, 2.45) is 5.14 Å². The zero-order chi connectivity index (χ0) is 13.5. The molecule has 2 aromatic carbocycles. The Balaban J connectivity index is 3.03. The lowest BCUT2D eigenvalue weighted by Gasteiger charge is -2.09. The number of ketones is 1. The van der Waals surface area contributed by atoms with Crippen molar-refractivity contribution in [2.45, 2.75) is 11.8 Å². The number of phenols is 1. The largest absolute Gasteiger partial charge is 0.507 e. The number of sulfonamides is 1. The number of benzene rings is 2. The number of Topliss-reactive ketones (excluding diaryl/α,β-unsaturated/α-hetero) is 1. The summed E-state index contributed by atoms with van der Waals surface area (Å²) < 4.78 is 23.0. The number of phenolic OH excluding ortho intramolecular Hbond substituents is 1. The number of hydrogen-bond acceptors (Lipinski definition) is 4. The topological polar surface area (TPSA) is 97.5 Å². The van der Waals surface area contributed by atoms with Crippen molar-refractivity contribution in [3.05, 3.63) is 35.9 Å². The van der Waals surface area contributed by atoms with Gasteiger partial charge in [0.25, 0.3) is 0 Å². The highest BCUT2D eigenvalue weighted by Crippen LogP contribution is 2.33. The van der Waals surface area contributed by atoms with Crippen molar-refractivity contribution in [1.29, 1.82) is 0 Å². The minimum Gasteiger partial charge on any atom is -0.507 e. The summed E-state index contributed by atoms with van der Waals surface area (Å²) in [7, 11) is -3.97. The third kappa shape index (κ3) is 1.96. The van der Waals surface area contributed by atoms with E-state index < -0.39 is 15.8 Å². The van der Waals surface area contributed by atoms with E-state index in [4.69, 9.17) is 5.14 Å². The van der Waals surface area contributed by atoms with Crippen LogP contribution in [0.2, 0.25) is 0 Å². The second kappa shape index (κ2) is 4.08. The molecule has 0 radical (unpaired) electrons. The van der Waals surface area contributed by atoms with Crippen molar-refractivity contribution in [3.8, 4) is 5.75 Å². The van der Waals surface area contributed by atoms with Gasteiger partial charge in [-0.2, -0.15) is 0 Å². The van der Waals surface area contributed by atoms with Gasteiger partial charge in [0.2, 0.25) is 10.0 Å². The van der Waals surface area contributed by atoms with Crippen LogP contribution in [-0.4, -0.2) is 19.3 Å². The van der Waals surface area contributed by atoms with Gasteiger partial charge in [0.1, 0.15) is 5.75 Å². The van der Waals surface area contributed by atoms with Crippen LogP contribution in [0, 0.1) is 0 Å². The lowest BCUT2D eigenvalue weighted by Crippen LogP contribution is -2.13. The van der Waals surface area contributed by atoms with Crippen molar-refractivity contribution in [3.63, 3.8) is 0 Å². The molecular weight excluding hydrogens is 254 g/mol. The van der Waals surface area contributed by atoms with E-state index in [9.17, 15) is 18.3 Å². The maximum absolute atomic E-state index is 11.5. The predicted octanol–water partition coefficient (Wildman–Crippen LogP) is 1.40. The van der Waals surface area contributed by atoms with E-state index in [-0.39, 0.29) is 21.6 Å². The monoisotopic (exact) mass is 265 g/mol. The first kappa shape index (κ1) is 12.5. The fraction of sp³-hybridized carbons (Fsp3) is 0.0833. The zero-order valence-electron chi connectivity index (χ0n) is 9.54. The van der Waals surface area contributed by atoms with Gasteiger partial charge in [-0.3, -0.25) is 4.79 Å². The molecule has 0 fully saturated rings. The number of carbonyl (C=O) groups excluding carboxylic acids is 1. The van der Waals surface area contributed by atoms with Crippen LogP contribution in [0.3, 0.4) is 0 Å². The van der Waals surface area contributed by atoms with E-state index in [2.05, 4.69) is 0 Å². The van der Waals surface area contributed by atoms with Gasteiger partial charge in [-0.05, 0) is 13.0 Å². The highest BCUT2D eigenvalue weighted by molar-refractivity contribution is 7.89. The molecule has 0 atom stereocenters. The summed E-state index contributed by atoms with van der Waals surface area (Å²) in [6.45, 7) is 1.25. The molecular formula is C12H11NO4S. The average Bonchev–Trinajstić information content (AvgIpc) is 2.27.